The molecule has 2 rings (SSSR count). The number of thiophene rings is 1. The number of carbonyl (C=O) groups excluding carboxylic acids is 1. The van der Waals surface area contributed by atoms with Gasteiger partial charge in [-0.1, -0.05) is 20.8 Å². The maximum Gasteiger partial charge on any atom is 0.330 e. The molecule has 1 aromatic heterocycles. The first-order chi connectivity index (χ1) is 10.3. The van der Waals surface area contributed by atoms with Crippen molar-refractivity contribution in [2.45, 2.75) is 52.2 Å². The molecule has 122 valence electrons. The van der Waals surface area contributed by atoms with E-state index in [1.807, 2.05) is 39.1 Å². The lowest BCUT2D eigenvalue weighted by atomic mass is 9.54. The number of hydrogen-bond donors (Lipinski definition) is 2. The monoisotopic (exact) mass is 325 g/mol. The van der Waals surface area contributed by atoms with Gasteiger partial charge in [-0.25, -0.2) is 4.79 Å². The molecular weight excluding hydrogens is 302 g/mol. The van der Waals surface area contributed by atoms with Crippen LogP contribution >= 0.6 is 11.3 Å². The van der Waals surface area contributed by atoms with Crippen LogP contribution in [0.3, 0.4) is 0 Å². The molecule has 1 fully saturated rings. The lowest BCUT2D eigenvalue weighted by Gasteiger charge is -2.58. The topological polar surface area (TPSA) is 75.6 Å². The summed E-state index contributed by atoms with van der Waals surface area (Å²) >= 11 is 1.34. The number of nitrogens with one attached hydrogen (secondary N) is 1. The van der Waals surface area contributed by atoms with Crippen LogP contribution in [-0.2, 0) is 16.0 Å². The van der Waals surface area contributed by atoms with Gasteiger partial charge in [-0.3, -0.25) is 4.79 Å². The van der Waals surface area contributed by atoms with E-state index in [0.717, 1.165) is 12.0 Å². The zero-order valence-corrected chi connectivity index (χ0v) is 14.3. The van der Waals surface area contributed by atoms with Crippen LogP contribution in [0.4, 0.5) is 0 Å². The number of rotatable bonds is 6. The average molecular weight is 325 g/mol. The molecule has 1 aliphatic carbocycles. The van der Waals surface area contributed by atoms with Crippen molar-refractivity contribution >= 4 is 23.2 Å². The molecule has 1 aromatic rings. The molecule has 0 unspecified atom stereocenters. The van der Waals surface area contributed by atoms with Crippen molar-refractivity contribution in [1.29, 1.82) is 0 Å². The fourth-order valence-corrected chi connectivity index (χ4v) is 3.99. The van der Waals surface area contributed by atoms with Crippen LogP contribution in [0.1, 0.15) is 49.4 Å². The molecule has 0 aromatic carbocycles. The third-order valence-electron chi connectivity index (χ3n) is 4.79. The summed E-state index contributed by atoms with van der Waals surface area (Å²) in [5.41, 5.74) is -0.992. The maximum atomic E-state index is 12.5. The molecule has 0 aliphatic heterocycles. The second-order valence-corrected chi connectivity index (χ2v) is 7.08. The molecule has 5 nitrogen and oxygen atoms in total. The number of hydrogen-bond acceptors (Lipinski definition) is 4. The number of carbonyl (C=O) groups is 2. The molecule has 1 amide bonds. The Bertz CT molecular complexity index is 580. The molecule has 1 heterocycles. The van der Waals surface area contributed by atoms with Crippen molar-refractivity contribution < 1.29 is 19.4 Å². The fraction of sp³-hybridized carbons (Fsp3) is 0.625. The van der Waals surface area contributed by atoms with Gasteiger partial charge in [-0.15, -0.1) is 11.3 Å². The highest BCUT2D eigenvalue weighted by molar-refractivity contribution is 7.12. The molecular formula is C16H23NO4S. The molecule has 6 heteroatoms. The van der Waals surface area contributed by atoms with Crippen molar-refractivity contribution in [3.05, 3.63) is 21.9 Å². The molecule has 0 bridgehead atoms. The number of aryl methyl sites for hydroxylation is 1. The van der Waals surface area contributed by atoms with Crippen LogP contribution in [0.15, 0.2) is 11.4 Å². The second-order valence-electron chi connectivity index (χ2n) is 6.16. The Kier molecular flexibility index (Phi) is 4.63. The van der Waals surface area contributed by atoms with Gasteiger partial charge in [0.15, 0.2) is 0 Å². The number of carboxylic acid groups (broad SMARTS) is 1. The summed E-state index contributed by atoms with van der Waals surface area (Å²) in [6.45, 7) is 8.06. The summed E-state index contributed by atoms with van der Waals surface area (Å²) in [7, 11) is 0. The number of ether oxygens (including phenoxy) is 1. The van der Waals surface area contributed by atoms with Crippen molar-refractivity contribution in [3.63, 3.8) is 0 Å². The minimum Gasteiger partial charge on any atom is -0.479 e. The van der Waals surface area contributed by atoms with E-state index >= 15 is 0 Å². The van der Waals surface area contributed by atoms with Crippen LogP contribution in [0.5, 0.6) is 0 Å². The zero-order valence-electron chi connectivity index (χ0n) is 13.4. The predicted octanol–water partition coefficient (Wildman–Crippen LogP) is 2.70. The Labute approximate surface area is 134 Å². The first kappa shape index (κ1) is 17.0. The lowest BCUT2D eigenvalue weighted by molar-refractivity contribution is -0.190. The van der Waals surface area contributed by atoms with E-state index in [1.54, 1.807) is 0 Å². The number of aliphatic carboxylic acids is 1. The van der Waals surface area contributed by atoms with E-state index in [-0.39, 0.29) is 12.0 Å². The van der Waals surface area contributed by atoms with E-state index < -0.39 is 16.9 Å². The van der Waals surface area contributed by atoms with Gasteiger partial charge < -0.3 is 15.2 Å². The molecule has 0 saturated heterocycles. The molecule has 1 aliphatic rings. The van der Waals surface area contributed by atoms with Crippen molar-refractivity contribution in [2.75, 3.05) is 6.61 Å². The molecule has 2 N–H and O–H groups in total. The van der Waals surface area contributed by atoms with E-state index in [2.05, 4.69) is 5.32 Å². The highest BCUT2D eigenvalue weighted by Crippen LogP contribution is 2.51. The normalized spacial score (nSPS) is 26.3. The number of amides is 1. The van der Waals surface area contributed by atoms with Crippen LogP contribution in [0, 0.1) is 5.41 Å². The molecule has 1 saturated carbocycles. The second kappa shape index (κ2) is 6.01. The Morgan fingerprint density at radius 1 is 1.45 bits per heavy atom. The molecule has 22 heavy (non-hydrogen) atoms. The van der Waals surface area contributed by atoms with Gasteiger partial charge in [-0.05, 0) is 30.4 Å². The molecule has 0 spiro atoms. The van der Waals surface area contributed by atoms with Crippen LogP contribution in [-0.4, -0.2) is 35.2 Å². The quantitative estimate of drug-likeness (QED) is 0.843. The zero-order chi connectivity index (χ0) is 16.5. The largest absolute Gasteiger partial charge is 0.479 e. The van der Waals surface area contributed by atoms with Gasteiger partial charge in [-0.2, -0.15) is 0 Å². The first-order valence-corrected chi connectivity index (χ1v) is 8.42. The minimum absolute atomic E-state index is 0.164. The fourth-order valence-electron chi connectivity index (χ4n) is 3.10. The Hall–Kier alpha value is -1.40. The van der Waals surface area contributed by atoms with E-state index in [9.17, 15) is 14.7 Å². The summed E-state index contributed by atoms with van der Waals surface area (Å²) in [6.07, 6.45) is 0.877. The van der Waals surface area contributed by atoms with Gasteiger partial charge in [0, 0.05) is 18.4 Å². The van der Waals surface area contributed by atoms with Gasteiger partial charge in [0.05, 0.1) is 11.0 Å². The number of carboxylic acids is 1. The van der Waals surface area contributed by atoms with E-state index in [4.69, 9.17) is 4.74 Å². The third kappa shape index (κ3) is 2.44. The summed E-state index contributed by atoms with van der Waals surface area (Å²) in [5.74, 6) is -1.31. The smallest absolute Gasteiger partial charge is 0.330 e. The van der Waals surface area contributed by atoms with E-state index in [1.165, 1.54) is 11.3 Å². The van der Waals surface area contributed by atoms with Crippen LogP contribution < -0.4 is 5.32 Å². The Morgan fingerprint density at radius 2 is 2.14 bits per heavy atom. The summed E-state index contributed by atoms with van der Waals surface area (Å²) < 4.78 is 5.60. The van der Waals surface area contributed by atoms with Crippen LogP contribution in [0.25, 0.3) is 0 Å². The standard InChI is InChI=1S/C16H23NO4S/c1-5-10-7-8-22-12(10)13(18)17-16(14(19)20)9-11(21-6-2)15(16,3)4/h7-8,11H,5-6,9H2,1-4H3,(H,17,18)(H,19,20)/t11-,16+/m1/s1. The minimum atomic E-state index is -1.28. The van der Waals surface area contributed by atoms with Crippen molar-refractivity contribution in [1.82, 2.24) is 5.32 Å². The summed E-state index contributed by atoms with van der Waals surface area (Å²) in [5, 5.41) is 14.3. The average Bonchev–Trinajstić information content (AvgIpc) is 2.93. The third-order valence-corrected chi connectivity index (χ3v) is 5.75. The van der Waals surface area contributed by atoms with Crippen LogP contribution in [0.2, 0.25) is 0 Å². The van der Waals surface area contributed by atoms with Crippen molar-refractivity contribution in [2.24, 2.45) is 5.41 Å². The van der Waals surface area contributed by atoms with Gasteiger partial charge >= 0.3 is 5.97 Å². The predicted molar refractivity (Wildman–Crippen MR) is 85.3 cm³/mol. The molecule has 2 atom stereocenters. The maximum absolute atomic E-state index is 12.5. The SMILES string of the molecule is CCO[C@@H]1C[C@](NC(=O)c2sccc2CC)(C(=O)O)C1(C)C. The van der Waals surface area contributed by atoms with Crippen molar-refractivity contribution in [3.8, 4) is 0 Å². The van der Waals surface area contributed by atoms with Gasteiger partial charge in [0.2, 0.25) is 0 Å². The Morgan fingerprint density at radius 3 is 2.64 bits per heavy atom. The van der Waals surface area contributed by atoms with Gasteiger partial charge in [0.25, 0.3) is 5.91 Å². The molecule has 0 radical (unpaired) electrons. The lowest BCUT2D eigenvalue weighted by Crippen LogP contribution is -2.76. The van der Waals surface area contributed by atoms with E-state index in [0.29, 0.717) is 17.9 Å². The first-order valence-electron chi connectivity index (χ1n) is 7.54. The Balaban J connectivity index is 2.24. The highest BCUT2D eigenvalue weighted by atomic mass is 32.1. The summed E-state index contributed by atoms with van der Waals surface area (Å²) in [6, 6.07) is 1.90. The highest BCUT2D eigenvalue weighted by Gasteiger charge is 2.66. The summed E-state index contributed by atoms with van der Waals surface area (Å²) in [4.78, 5) is 25.0. The van der Waals surface area contributed by atoms with Gasteiger partial charge in [0.1, 0.15) is 5.54 Å².